The Morgan fingerprint density at radius 2 is 1.61 bits per heavy atom. The van der Waals surface area contributed by atoms with Crippen molar-refractivity contribution in [3.63, 3.8) is 0 Å². The molecule has 3 fully saturated rings. The molecule has 0 spiro atoms. The fourth-order valence-corrected chi connectivity index (χ4v) is 8.18. The molecular weight excluding hydrogens is 551 g/mol. The van der Waals surface area contributed by atoms with Crippen LogP contribution in [0, 0.1) is 5.92 Å². The smallest absolute Gasteiger partial charge is 0.266 e. The average molecular weight is 596 g/mol. The molecule has 9 nitrogen and oxygen atoms in total. The maximum Gasteiger partial charge on any atom is 0.266 e. The minimum atomic E-state index is -3.95. The number of hydrogen-bond acceptors (Lipinski definition) is 7. The number of piperazine rings is 1. The van der Waals surface area contributed by atoms with Crippen molar-refractivity contribution in [2.24, 2.45) is 5.92 Å². The van der Waals surface area contributed by atoms with Gasteiger partial charge in [-0.25, -0.2) is 13.9 Å². The van der Waals surface area contributed by atoms with Gasteiger partial charge < -0.3 is 14.5 Å². The highest BCUT2D eigenvalue weighted by molar-refractivity contribution is 7.91. The van der Waals surface area contributed by atoms with E-state index in [1.165, 1.54) is 42.0 Å². The molecule has 1 aromatic carbocycles. The molecule has 2 heterocycles. The van der Waals surface area contributed by atoms with Crippen molar-refractivity contribution in [2.75, 3.05) is 64.4 Å². The average Bonchev–Trinajstić information content (AvgIpc) is 2.92. The van der Waals surface area contributed by atoms with Gasteiger partial charge in [0.05, 0.1) is 6.61 Å². The Morgan fingerprint density at radius 3 is 2.16 bits per heavy atom. The summed E-state index contributed by atoms with van der Waals surface area (Å²) in [5.74, 6) is -0.0292. The number of anilines is 1. The first-order valence-corrected chi connectivity index (χ1v) is 14.8. The molecule has 12 heteroatoms. The second kappa shape index (κ2) is 15.0. The van der Waals surface area contributed by atoms with Crippen LogP contribution in [0.1, 0.15) is 50.5 Å². The minimum absolute atomic E-state index is 0. The van der Waals surface area contributed by atoms with Crippen LogP contribution in [0.2, 0.25) is 0 Å². The quantitative estimate of drug-likeness (QED) is 0.334. The molecule has 0 bridgehead atoms. The Balaban J connectivity index is 0.00000253. The molecule has 38 heavy (non-hydrogen) atoms. The van der Waals surface area contributed by atoms with E-state index in [4.69, 9.17) is 4.74 Å². The van der Waals surface area contributed by atoms with E-state index < -0.39 is 20.7 Å². The lowest BCUT2D eigenvalue weighted by molar-refractivity contribution is -0.133. The van der Waals surface area contributed by atoms with E-state index in [-0.39, 0.29) is 37.7 Å². The molecule has 1 aromatic rings. The fourth-order valence-electron chi connectivity index (χ4n) is 6.06. The molecule has 4 rings (SSSR count). The van der Waals surface area contributed by atoms with E-state index in [1.54, 1.807) is 12.6 Å². The number of carbonyl (C=O) groups excluding carboxylic acids is 1. The number of benzene rings is 1. The molecule has 2 saturated heterocycles. The van der Waals surface area contributed by atoms with Gasteiger partial charge in [-0.3, -0.25) is 10.0 Å². The van der Waals surface area contributed by atoms with E-state index in [0.717, 1.165) is 18.0 Å². The summed E-state index contributed by atoms with van der Waals surface area (Å²) in [6, 6.07) is 8.73. The van der Waals surface area contributed by atoms with Gasteiger partial charge in [0.2, 0.25) is 10.0 Å². The second-order valence-corrected chi connectivity index (χ2v) is 12.8. The van der Waals surface area contributed by atoms with Gasteiger partial charge in [0.25, 0.3) is 5.91 Å². The van der Waals surface area contributed by atoms with Crippen LogP contribution in [0.3, 0.4) is 0 Å². The Kier molecular flexibility index (Phi) is 13.1. The maximum atomic E-state index is 13.8. The number of methoxy groups -OCH3 is 1. The lowest BCUT2D eigenvalue weighted by Crippen LogP contribution is -2.63. The van der Waals surface area contributed by atoms with Crippen LogP contribution in [-0.4, -0.2) is 93.0 Å². The van der Waals surface area contributed by atoms with Gasteiger partial charge in [-0.1, -0.05) is 44.2 Å². The number of hydroxylamine groups is 1. The van der Waals surface area contributed by atoms with Crippen LogP contribution in [0.15, 0.2) is 24.3 Å². The summed E-state index contributed by atoms with van der Waals surface area (Å²) < 4.78 is 32.4. The molecule has 1 saturated carbocycles. The third-order valence-corrected chi connectivity index (χ3v) is 11.0. The Morgan fingerprint density at radius 1 is 1.00 bits per heavy atom. The number of rotatable bonds is 9. The van der Waals surface area contributed by atoms with Crippen LogP contribution in [0.25, 0.3) is 0 Å². The third kappa shape index (κ3) is 7.33. The highest BCUT2D eigenvalue weighted by Gasteiger charge is 2.55. The summed E-state index contributed by atoms with van der Waals surface area (Å²) >= 11 is 0. The summed E-state index contributed by atoms with van der Waals surface area (Å²) in [5.41, 5.74) is 4.13. The van der Waals surface area contributed by atoms with Crippen molar-refractivity contribution in [1.29, 1.82) is 0 Å². The SMILES string of the molecule is COCCN1CCC(C(=O)NO)(S(=O)(=O)N2CCN(c3ccc(CC4CCCCC4)cc3)CC2)CC1.Cl.Cl. The third-order valence-electron chi connectivity index (χ3n) is 8.41. The lowest BCUT2D eigenvalue weighted by Gasteiger charge is -2.44. The molecule has 2 aliphatic heterocycles. The van der Waals surface area contributed by atoms with Crippen molar-refractivity contribution in [3.8, 4) is 0 Å². The number of amides is 1. The number of piperidine rings is 1. The van der Waals surface area contributed by atoms with E-state index >= 15 is 0 Å². The summed E-state index contributed by atoms with van der Waals surface area (Å²) in [7, 11) is -2.33. The number of sulfonamides is 1. The number of hydrogen-bond donors (Lipinski definition) is 2. The highest BCUT2D eigenvalue weighted by atomic mass is 35.5. The van der Waals surface area contributed by atoms with Gasteiger partial charge in [0.15, 0.2) is 4.75 Å². The molecule has 1 amide bonds. The molecule has 0 radical (unpaired) electrons. The predicted molar refractivity (Wildman–Crippen MR) is 154 cm³/mol. The number of carbonyl (C=O) groups is 1. The first-order valence-electron chi connectivity index (χ1n) is 13.4. The molecule has 3 aliphatic rings. The molecule has 0 atom stereocenters. The standard InChI is InChI=1S/C26H42N4O5S.2ClH/c1-35-20-19-28-13-11-26(12-14-28,25(31)27-32)36(33,34)30-17-15-29(16-18-30)24-9-7-23(8-10-24)21-22-5-3-2-4-6-22;;/h7-10,22,32H,2-6,11-21H2,1H3,(H,27,31);2*1H. The number of nitrogens with one attached hydrogen (secondary N) is 1. The predicted octanol–water partition coefficient (Wildman–Crippen LogP) is 3.09. The minimum Gasteiger partial charge on any atom is -0.383 e. The van der Waals surface area contributed by atoms with Gasteiger partial charge in [0, 0.05) is 58.6 Å². The van der Waals surface area contributed by atoms with Crippen LogP contribution >= 0.6 is 24.8 Å². The molecule has 0 unspecified atom stereocenters. The van der Waals surface area contributed by atoms with Gasteiger partial charge in [-0.05, 0) is 42.9 Å². The van der Waals surface area contributed by atoms with Gasteiger partial charge >= 0.3 is 0 Å². The summed E-state index contributed by atoms with van der Waals surface area (Å²) in [6.07, 6.45) is 8.17. The van der Waals surface area contributed by atoms with Crippen LogP contribution < -0.4 is 10.4 Å². The van der Waals surface area contributed by atoms with Gasteiger partial charge in [-0.2, -0.15) is 4.31 Å². The normalized spacial score (nSPS) is 21.3. The molecule has 218 valence electrons. The zero-order valence-corrected chi connectivity index (χ0v) is 24.8. The molecular formula is C26H44Cl2N4O5S. The topological polar surface area (TPSA) is 102 Å². The maximum absolute atomic E-state index is 13.8. The van der Waals surface area contributed by atoms with Crippen LogP contribution in [0.5, 0.6) is 0 Å². The van der Waals surface area contributed by atoms with Crippen molar-refractivity contribution in [3.05, 3.63) is 29.8 Å². The molecule has 0 aromatic heterocycles. The van der Waals surface area contributed by atoms with E-state index in [2.05, 4.69) is 34.1 Å². The number of halogens is 2. The highest BCUT2D eigenvalue weighted by Crippen LogP contribution is 2.35. The Hall–Kier alpha value is -1.14. The van der Waals surface area contributed by atoms with E-state index in [9.17, 15) is 18.4 Å². The van der Waals surface area contributed by atoms with E-state index in [1.807, 2.05) is 0 Å². The molecule has 2 N–H and O–H groups in total. The summed E-state index contributed by atoms with van der Waals surface area (Å²) in [4.78, 5) is 17.0. The Bertz CT molecular complexity index is 960. The van der Waals surface area contributed by atoms with Crippen molar-refractivity contribution < 1.29 is 23.2 Å². The van der Waals surface area contributed by atoms with Gasteiger partial charge in [0.1, 0.15) is 0 Å². The van der Waals surface area contributed by atoms with Gasteiger partial charge in [-0.15, -0.1) is 24.8 Å². The summed E-state index contributed by atoms with van der Waals surface area (Å²) in [5, 5.41) is 9.41. The summed E-state index contributed by atoms with van der Waals surface area (Å²) in [6.45, 7) is 3.93. The monoisotopic (exact) mass is 594 g/mol. The molecule has 1 aliphatic carbocycles. The number of likely N-dealkylation sites (tertiary alicyclic amines) is 1. The fraction of sp³-hybridized carbons (Fsp3) is 0.731. The number of nitrogens with zero attached hydrogens (tertiary/aromatic N) is 3. The zero-order chi connectivity index (χ0) is 25.6. The van der Waals surface area contributed by atoms with Crippen LogP contribution in [-0.2, 0) is 26.0 Å². The number of ether oxygens (including phenoxy) is 1. The van der Waals surface area contributed by atoms with E-state index in [0.29, 0.717) is 52.4 Å². The Labute approximate surface area is 240 Å². The lowest BCUT2D eigenvalue weighted by atomic mass is 9.85. The second-order valence-electron chi connectivity index (χ2n) is 10.5. The first kappa shape index (κ1) is 33.1. The van der Waals surface area contributed by atoms with Crippen molar-refractivity contribution >= 4 is 46.4 Å². The largest absolute Gasteiger partial charge is 0.383 e. The zero-order valence-electron chi connectivity index (χ0n) is 22.3. The van der Waals surface area contributed by atoms with Crippen molar-refractivity contribution in [2.45, 2.75) is 56.1 Å². The van der Waals surface area contributed by atoms with Crippen molar-refractivity contribution in [1.82, 2.24) is 14.7 Å². The van der Waals surface area contributed by atoms with Crippen LogP contribution in [0.4, 0.5) is 5.69 Å². The first-order chi connectivity index (χ1) is 17.4.